The Morgan fingerprint density at radius 1 is 0.846 bits per heavy atom. The normalized spacial score (nSPS) is 11.7. The summed E-state index contributed by atoms with van der Waals surface area (Å²) in [6.45, 7) is 5.20. The van der Waals surface area contributed by atoms with E-state index in [0.717, 1.165) is 28.0 Å². The van der Waals surface area contributed by atoms with Gasteiger partial charge in [-0.05, 0) is 20.8 Å². The second kappa shape index (κ2) is 13.5. The smallest absolute Gasteiger partial charge is 0.543 e. The number of amides is 1. The average Bonchev–Trinajstić information content (AvgIpc) is 3.34. The summed E-state index contributed by atoms with van der Waals surface area (Å²) in [5.41, 5.74) is -0.309. The largest absolute Gasteiger partial charge is 1.00 e. The van der Waals surface area contributed by atoms with E-state index in [9.17, 15) is 14.7 Å². The minimum atomic E-state index is -1.58. The van der Waals surface area contributed by atoms with Crippen molar-refractivity contribution < 1.29 is 75.7 Å². The third-order valence-corrected chi connectivity index (χ3v) is 6.12. The van der Waals surface area contributed by atoms with Crippen molar-refractivity contribution in [2.45, 2.75) is 32.0 Å². The number of hydrogen-bond donors (Lipinski definition) is 1. The number of carbonyl (C=O) groups excluding carboxylic acids is 2. The number of anilines is 1. The van der Waals surface area contributed by atoms with Crippen LogP contribution in [0.1, 0.15) is 43.2 Å². The molecule has 0 saturated carbocycles. The molecule has 0 aliphatic heterocycles. The maximum absolute atomic E-state index is 12.2. The van der Waals surface area contributed by atoms with Gasteiger partial charge in [-0.15, -0.1) is 11.3 Å². The molecule has 0 fully saturated rings. The van der Waals surface area contributed by atoms with Crippen LogP contribution < -0.4 is 61.8 Å². The maximum atomic E-state index is 12.2. The molecule has 4 rings (SSSR count). The van der Waals surface area contributed by atoms with Gasteiger partial charge in [0, 0.05) is 22.1 Å². The molecule has 0 radical (unpaired) electrons. The maximum Gasteiger partial charge on any atom is 1.00 e. The second-order valence-corrected chi connectivity index (χ2v) is 10.1. The van der Waals surface area contributed by atoms with Crippen molar-refractivity contribution in [1.29, 1.82) is 0 Å². The number of carbonyl (C=O) groups is 2. The van der Waals surface area contributed by atoms with E-state index >= 15 is 0 Å². The number of hydrogen-bond acceptors (Lipinski definition) is 8. The summed E-state index contributed by atoms with van der Waals surface area (Å²) in [4.78, 5) is 34.7. The number of aliphatic carboxylic acids is 1. The zero-order valence-corrected chi connectivity index (χ0v) is 26.0. The zero-order chi connectivity index (χ0) is 27.2. The number of aromatic nitrogens is 1. The third kappa shape index (κ3) is 7.62. The molecule has 0 unspecified atom stereocenters. The molecule has 0 spiro atoms. The average molecular weight is 568 g/mol. The number of rotatable bonds is 8. The molecule has 0 saturated heterocycles. The van der Waals surface area contributed by atoms with Gasteiger partial charge < -0.3 is 19.5 Å². The number of nitrogens with zero attached hydrogens (tertiary/aromatic N) is 2. The molecule has 10 heteroatoms. The van der Waals surface area contributed by atoms with Gasteiger partial charge >= 0.3 is 57.5 Å². The van der Waals surface area contributed by atoms with Gasteiger partial charge in [-0.3, -0.25) is 5.32 Å². The Morgan fingerprint density at radius 3 is 1.72 bits per heavy atom. The van der Waals surface area contributed by atoms with Crippen LogP contribution in [0.4, 0.5) is 9.93 Å². The Labute approximate surface area is 273 Å². The molecular weight excluding hydrogens is 542 g/mol. The molecule has 0 atom stereocenters. The van der Waals surface area contributed by atoms with Crippen molar-refractivity contribution in [2.75, 3.05) is 5.32 Å². The fourth-order valence-electron chi connectivity index (χ4n) is 3.81. The molecule has 3 aromatic carbocycles. The number of thiazole rings is 1. The summed E-state index contributed by atoms with van der Waals surface area (Å²) >= 11 is 1.02. The predicted molar refractivity (Wildman–Crippen MR) is 144 cm³/mol. The molecule has 1 aromatic heterocycles. The van der Waals surface area contributed by atoms with E-state index < -0.39 is 29.0 Å². The zero-order valence-electron chi connectivity index (χ0n) is 22.1. The third-order valence-electron chi connectivity index (χ3n) is 5.36. The van der Waals surface area contributed by atoms with Gasteiger partial charge in [0.25, 0.3) is 0 Å². The summed E-state index contributed by atoms with van der Waals surface area (Å²) in [6, 6.07) is 28.2. The molecule has 0 aliphatic carbocycles. The first-order valence-corrected chi connectivity index (χ1v) is 12.7. The Kier molecular flexibility index (Phi) is 10.6. The van der Waals surface area contributed by atoms with Crippen LogP contribution in [0.3, 0.4) is 0 Å². The van der Waals surface area contributed by atoms with Crippen LogP contribution in [0.25, 0.3) is 0 Å². The number of ether oxygens (including phenoxy) is 1. The van der Waals surface area contributed by atoms with Crippen molar-refractivity contribution in [2.24, 2.45) is 5.16 Å². The molecule has 4 aromatic rings. The molecule has 194 valence electrons. The van der Waals surface area contributed by atoms with Gasteiger partial charge in [-0.1, -0.05) is 96.2 Å². The van der Waals surface area contributed by atoms with E-state index in [-0.39, 0.29) is 62.2 Å². The van der Waals surface area contributed by atoms with Gasteiger partial charge in [0.15, 0.2) is 10.8 Å². The van der Waals surface area contributed by atoms with E-state index in [1.165, 1.54) is 5.38 Å². The topological polar surface area (TPSA) is 113 Å². The van der Waals surface area contributed by atoms with Crippen LogP contribution in [0.5, 0.6) is 0 Å². The molecule has 0 aliphatic rings. The first-order valence-electron chi connectivity index (χ1n) is 11.8. The summed E-state index contributed by atoms with van der Waals surface area (Å²) in [5.74, 6) is -1.58. The SMILES string of the molecule is CC(C)(C)OC(=O)Nc1nc(C(=NOC(c2ccccc2)(c2ccccc2)c2ccccc2)C(=O)[O-])cs1.[K+]. The Bertz CT molecular complexity index is 1320. The van der Waals surface area contributed by atoms with Crippen molar-refractivity contribution in [3.05, 3.63) is 119 Å². The van der Waals surface area contributed by atoms with Crippen molar-refractivity contribution in [1.82, 2.24) is 4.98 Å². The van der Waals surface area contributed by atoms with Crippen molar-refractivity contribution in [3.63, 3.8) is 0 Å². The standard InChI is InChI=1S/C29H27N3O5S.K/c1-28(2,3)36-27(35)31-26-30-23(19-38-26)24(25(33)34)32-37-29(20-13-7-4-8-14-20,21-15-9-5-10-16-21)22-17-11-6-12-18-22;/h4-19H,1-3H3,(H,33,34)(H,30,31,35);/q;+1/p-1. The van der Waals surface area contributed by atoms with E-state index in [0.29, 0.717) is 0 Å². The predicted octanol–water partition coefficient (Wildman–Crippen LogP) is 1.96. The molecule has 8 nitrogen and oxygen atoms in total. The van der Waals surface area contributed by atoms with Gasteiger partial charge in [0.2, 0.25) is 5.60 Å². The minimum absolute atomic E-state index is 0. The summed E-state index contributed by atoms with van der Waals surface area (Å²) in [5, 5.41) is 20.4. The molecule has 1 amide bonds. The van der Waals surface area contributed by atoms with Crippen molar-refractivity contribution >= 4 is 34.2 Å². The van der Waals surface area contributed by atoms with Crippen LogP contribution in [0, 0.1) is 0 Å². The van der Waals surface area contributed by atoms with E-state index in [2.05, 4.69) is 15.5 Å². The van der Waals surface area contributed by atoms with Gasteiger partial charge in [-0.25, -0.2) is 9.78 Å². The van der Waals surface area contributed by atoms with E-state index in [1.807, 2.05) is 91.0 Å². The number of carboxylic acid groups (broad SMARTS) is 1. The first kappa shape index (κ1) is 30.7. The van der Waals surface area contributed by atoms with Gasteiger partial charge in [0.05, 0.1) is 5.97 Å². The van der Waals surface area contributed by atoms with Gasteiger partial charge in [0.1, 0.15) is 11.3 Å². The quantitative estimate of drug-likeness (QED) is 0.151. The van der Waals surface area contributed by atoms with Crippen LogP contribution >= 0.6 is 11.3 Å². The molecular formula is C29H26KN3O5S. The summed E-state index contributed by atoms with van der Waals surface area (Å²) in [6.07, 6.45) is -0.710. The van der Waals surface area contributed by atoms with Crippen LogP contribution in [-0.2, 0) is 20.0 Å². The molecule has 0 bridgehead atoms. The first-order chi connectivity index (χ1) is 18.2. The molecule has 1 heterocycles. The number of oxime groups is 1. The number of benzene rings is 3. The second-order valence-electron chi connectivity index (χ2n) is 9.26. The fourth-order valence-corrected chi connectivity index (χ4v) is 4.49. The van der Waals surface area contributed by atoms with Crippen LogP contribution in [0.15, 0.2) is 102 Å². The fraction of sp³-hybridized carbons (Fsp3) is 0.172. The van der Waals surface area contributed by atoms with E-state index in [1.54, 1.807) is 20.8 Å². The van der Waals surface area contributed by atoms with Gasteiger partial charge in [-0.2, -0.15) is 0 Å². The summed E-state index contributed by atoms with van der Waals surface area (Å²) in [7, 11) is 0. The Morgan fingerprint density at radius 2 is 1.31 bits per heavy atom. The van der Waals surface area contributed by atoms with E-state index in [4.69, 9.17) is 9.57 Å². The molecule has 1 N–H and O–H groups in total. The Balaban J connectivity index is 0.00000420. The Hall–Kier alpha value is -2.86. The monoisotopic (exact) mass is 567 g/mol. The van der Waals surface area contributed by atoms with Crippen molar-refractivity contribution in [3.8, 4) is 0 Å². The van der Waals surface area contributed by atoms with Crippen LogP contribution in [-0.4, -0.2) is 28.4 Å². The number of nitrogens with one attached hydrogen (secondary N) is 1. The molecule has 39 heavy (non-hydrogen) atoms. The number of carboxylic acids is 1. The van der Waals surface area contributed by atoms with Crippen LogP contribution in [0.2, 0.25) is 0 Å². The summed E-state index contributed by atoms with van der Waals surface area (Å²) < 4.78 is 5.23. The minimum Gasteiger partial charge on any atom is -0.543 e.